The summed E-state index contributed by atoms with van der Waals surface area (Å²) < 4.78 is 48.7. The molecule has 0 aliphatic rings. The van der Waals surface area contributed by atoms with Gasteiger partial charge in [-0.05, 0) is 79.1 Å². The minimum absolute atomic E-state index is 0.0120. The highest BCUT2D eigenvalue weighted by Crippen LogP contribution is 2.39. The van der Waals surface area contributed by atoms with E-state index < -0.39 is 16.7 Å². The van der Waals surface area contributed by atoms with Gasteiger partial charge >= 0.3 is 6.18 Å². The van der Waals surface area contributed by atoms with Crippen LogP contribution in [-0.2, 0) is 22.8 Å². The topological polar surface area (TPSA) is 178 Å². The minimum Gasteiger partial charge on any atom is -0.455 e. The Morgan fingerprint density at radius 3 is 2.02 bits per heavy atom. The molecule has 0 saturated carbocycles. The zero-order chi connectivity index (χ0) is 43.7. The Balaban J connectivity index is 0.000000171. The second-order valence-electron chi connectivity index (χ2n) is 14.2. The van der Waals surface area contributed by atoms with E-state index in [1.807, 2.05) is 84.5 Å². The van der Waals surface area contributed by atoms with Crippen LogP contribution in [0.1, 0.15) is 19.4 Å². The first-order valence-electron chi connectivity index (χ1n) is 18.8. The molecule has 0 radical (unpaired) electrons. The molecule has 0 fully saturated rings. The zero-order valence-electron chi connectivity index (χ0n) is 33.0. The number of ketones is 2. The molecule has 5 aromatic carbocycles. The van der Waals surface area contributed by atoms with Crippen LogP contribution in [-0.4, -0.2) is 62.9 Å². The Kier molecular flexibility index (Phi) is 11.5. The number of Topliss-reactive ketones (excluding diaryl/α,β-unsaturated/α-hetero) is 2. The summed E-state index contributed by atoms with van der Waals surface area (Å²) >= 11 is 2.34. The molecule has 4 heterocycles. The summed E-state index contributed by atoms with van der Waals surface area (Å²) in [6.45, 7) is 2.94. The fourth-order valence-corrected chi connectivity index (χ4v) is 7.95. The quantitative estimate of drug-likeness (QED) is 0.0717. The van der Waals surface area contributed by atoms with Gasteiger partial charge in [-0.25, -0.2) is 9.97 Å². The van der Waals surface area contributed by atoms with E-state index in [-0.39, 0.29) is 40.1 Å². The van der Waals surface area contributed by atoms with Crippen molar-refractivity contribution in [2.75, 3.05) is 11.5 Å². The number of H-pyrrole nitrogens is 2. The highest BCUT2D eigenvalue weighted by atomic mass is 32.2. The molecule has 4 aromatic heterocycles. The van der Waals surface area contributed by atoms with Crippen molar-refractivity contribution in [3.8, 4) is 45.0 Å². The number of nitrogens with zero attached hydrogens (tertiary/aromatic N) is 6. The summed E-state index contributed by atoms with van der Waals surface area (Å²) in [5.74, 6) is 1.03. The van der Waals surface area contributed by atoms with Crippen LogP contribution >= 0.6 is 23.5 Å². The number of thioether (sulfide) groups is 2. The van der Waals surface area contributed by atoms with Gasteiger partial charge in [-0.1, -0.05) is 66.0 Å². The number of nitrogens with one attached hydrogen (secondary N) is 2. The maximum atomic E-state index is 13.6. The molecule has 0 atom stereocenters. The molecule has 0 saturated heterocycles. The van der Waals surface area contributed by atoms with E-state index in [0.29, 0.717) is 44.0 Å². The van der Waals surface area contributed by atoms with Gasteiger partial charge in [0.1, 0.15) is 22.7 Å². The highest BCUT2D eigenvalue weighted by molar-refractivity contribution is 8.00. The number of benzene rings is 5. The second kappa shape index (κ2) is 17.1. The van der Waals surface area contributed by atoms with Crippen molar-refractivity contribution >= 4 is 73.6 Å². The van der Waals surface area contributed by atoms with Crippen molar-refractivity contribution in [2.24, 2.45) is 7.05 Å². The van der Waals surface area contributed by atoms with E-state index in [1.54, 1.807) is 12.1 Å². The van der Waals surface area contributed by atoms with Crippen LogP contribution in [0, 0.1) is 10.1 Å². The summed E-state index contributed by atoms with van der Waals surface area (Å²) in [6.07, 6.45) is -2.60. The van der Waals surface area contributed by atoms with Crippen LogP contribution in [0.25, 0.3) is 77.9 Å². The fraction of sp³-hybridized carbons (Fsp3) is 0.136. The van der Waals surface area contributed by atoms with Crippen molar-refractivity contribution in [1.82, 2.24) is 34.9 Å². The zero-order valence-corrected chi connectivity index (χ0v) is 34.6. The molecule has 2 N–H and O–H groups in total. The lowest BCUT2D eigenvalue weighted by Gasteiger charge is -2.12. The number of furan rings is 1. The summed E-state index contributed by atoms with van der Waals surface area (Å²) in [5.41, 5.74) is 4.85. The summed E-state index contributed by atoms with van der Waals surface area (Å²) in [6, 6.07) is 29.6. The summed E-state index contributed by atoms with van der Waals surface area (Å²) in [7, 11) is 1.91. The van der Waals surface area contributed by atoms with Gasteiger partial charge in [0.05, 0.1) is 22.0 Å². The van der Waals surface area contributed by atoms with Crippen LogP contribution in [0.15, 0.2) is 124 Å². The fourth-order valence-electron chi connectivity index (χ4n) is 6.75. The van der Waals surface area contributed by atoms with E-state index in [9.17, 15) is 32.9 Å². The predicted octanol–water partition coefficient (Wildman–Crippen LogP) is 11.0. The first-order chi connectivity index (χ1) is 29.7. The van der Waals surface area contributed by atoms with Crippen LogP contribution in [0.2, 0.25) is 0 Å². The van der Waals surface area contributed by atoms with Gasteiger partial charge in [0, 0.05) is 63.7 Å². The van der Waals surface area contributed by atoms with Crippen LogP contribution < -0.4 is 0 Å². The number of carbonyl (C=O) groups is 2. The number of hydrogen-bond donors (Lipinski definition) is 2. The van der Waals surface area contributed by atoms with Crippen molar-refractivity contribution in [3.05, 3.63) is 125 Å². The Morgan fingerprint density at radius 1 is 0.742 bits per heavy atom. The van der Waals surface area contributed by atoms with Crippen molar-refractivity contribution < 1.29 is 32.1 Å². The third-order valence-electron chi connectivity index (χ3n) is 9.61. The van der Waals surface area contributed by atoms with Gasteiger partial charge in [0.15, 0.2) is 11.6 Å². The van der Waals surface area contributed by atoms with Crippen LogP contribution in [0.4, 0.5) is 18.9 Å². The molecular formula is C44H33F3N8O5S2. The van der Waals surface area contributed by atoms with Gasteiger partial charge in [-0.2, -0.15) is 13.2 Å². The number of para-hydroxylation sites is 2. The Bertz CT molecular complexity index is 3170. The van der Waals surface area contributed by atoms with Crippen LogP contribution in [0.5, 0.6) is 0 Å². The number of aryl methyl sites for hydroxylation is 1. The number of hydrogen-bond acceptors (Lipinski definition) is 11. The number of alkyl halides is 3. The Labute approximate surface area is 358 Å². The number of nitro groups is 1. The first-order valence-corrected chi connectivity index (χ1v) is 20.7. The first kappa shape index (κ1) is 41.7. The van der Waals surface area contributed by atoms with E-state index in [2.05, 4.69) is 30.4 Å². The predicted molar refractivity (Wildman–Crippen MR) is 233 cm³/mol. The molecule has 312 valence electrons. The molecule has 0 unspecified atom stereocenters. The average molecular weight is 875 g/mol. The third-order valence-corrected chi connectivity index (χ3v) is 11.6. The summed E-state index contributed by atoms with van der Waals surface area (Å²) in [4.78, 5) is 42.2. The third kappa shape index (κ3) is 9.01. The molecule has 0 aliphatic carbocycles. The van der Waals surface area contributed by atoms with Gasteiger partial charge in [0.25, 0.3) is 5.69 Å². The number of non-ortho nitro benzene ring substituents is 1. The number of carbonyl (C=O) groups excluding carboxylic acids is 2. The maximum Gasteiger partial charge on any atom is 0.416 e. The van der Waals surface area contributed by atoms with Crippen LogP contribution in [0.3, 0.4) is 0 Å². The average Bonchev–Trinajstić information content (AvgIpc) is 4.08. The SMILES string of the molecule is CC(=O)CSc1n[nH]c(-c2cc(-c3ccc4c(ccn4C)c3)cc(C(F)(F)F)c2)n1.CC(=O)CSc1n[nH]c(-c2cc(-c3cccc4c3oc3ccccc34)cc([N+](=O)[O-])c2)n1. The highest BCUT2D eigenvalue weighted by Gasteiger charge is 2.32. The summed E-state index contributed by atoms with van der Waals surface area (Å²) in [5, 5.41) is 28.8. The molecule has 0 bridgehead atoms. The van der Waals surface area contributed by atoms with E-state index in [1.165, 1.54) is 37.7 Å². The normalized spacial score (nSPS) is 11.6. The molecular weight excluding hydrogens is 842 g/mol. The van der Waals surface area contributed by atoms with Crippen molar-refractivity contribution in [3.63, 3.8) is 0 Å². The molecule has 9 rings (SSSR count). The molecule has 9 aromatic rings. The maximum absolute atomic E-state index is 13.6. The van der Waals surface area contributed by atoms with E-state index >= 15 is 0 Å². The largest absolute Gasteiger partial charge is 0.455 e. The van der Waals surface area contributed by atoms with E-state index in [0.717, 1.165) is 56.7 Å². The standard InChI is InChI=1S/C23H16N4O4S.C21H17F3N4OS/c1-13(28)12-32-23-24-22(25-26-23)15-9-14(10-16(11-15)27(29)30)17-6-4-7-19-18-5-2-3-8-20(18)31-21(17)19;1-12(29)11-30-20-25-19(26-27-20)16-8-15(9-17(10-16)21(22,23)24)13-3-4-18-14(7-13)5-6-28(18)2/h2-11H,12H2,1H3,(H,24,25,26);3-10H,11H2,1-2H3,(H,25,26,27). The lowest BCUT2D eigenvalue weighted by atomic mass is 9.98. The smallest absolute Gasteiger partial charge is 0.416 e. The van der Waals surface area contributed by atoms with Crippen molar-refractivity contribution in [2.45, 2.75) is 30.3 Å². The lowest BCUT2D eigenvalue weighted by molar-refractivity contribution is -0.384. The molecule has 13 nitrogen and oxygen atoms in total. The number of aromatic amines is 2. The molecule has 18 heteroatoms. The number of fused-ring (bicyclic) bond motifs is 4. The molecule has 0 spiro atoms. The van der Waals surface area contributed by atoms with Gasteiger partial charge < -0.3 is 8.98 Å². The number of aromatic nitrogens is 7. The van der Waals surface area contributed by atoms with Gasteiger partial charge in [-0.15, -0.1) is 10.2 Å². The van der Waals surface area contributed by atoms with Crippen molar-refractivity contribution in [1.29, 1.82) is 0 Å². The lowest BCUT2D eigenvalue weighted by Crippen LogP contribution is -2.05. The number of nitro benzene ring substituents is 1. The second-order valence-corrected chi connectivity index (χ2v) is 16.1. The number of halogens is 3. The Morgan fingerprint density at radius 2 is 1.35 bits per heavy atom. The number of rotatable bonds is 11. The Hall–Kier alpha value is -7.05. The molecule has 0 aliphatic heterocycles. The van der Waals surface area contributed by atoms with Gasteiger partial charge in [0.2, 0.25) is 10.3 Å². The molecule has 62 heavy (non-hydrogen) atoms. The van der Waals surface area contributed by atoms with E-state index in [4.69, 9.17) is 4.42 Å². The monoisotopic (exact) mass is 874 g/mol. The van der Waals surface area contributed by atoms with Gasteiger partial charge in [-0.3, -0.25) is 29.9 Å². The minimum atomic E-state index is -4.51. The molecule has 0 amide bonds.